The fraction of sp³-hybridized carbons (Fsp3) is 0.600. The van der Waals surface area contributed by atoms with Crippen LogP contribution in [0.3, 0.4) is 0 Å². The van der Waals surface area contributed by atoms with Crippen LogP contribution in [-0.2, 0) is 16.3 Å². The Labute approximate surface area is 131 Å². The van der Waals surface area contributed by atoms with Crippen LogP contribution in [0.2, 0.25) is 5.02 Å². The van der Waals surface area contributed by atoms with Gasteiger partial charge in [0.15, 0.2) is 0 Å². The number of rotatable bonds is 5. The quantitative estimate of drug-likeness (QED) is 0.900. The second kappa shape index (κ2) is 6.99. The molecule has 1 fully saturated rings. The van der Waals surface area contributed by atoms with Gasteiger partial charge in [-0.3, -0.25) is 0 Å². The summed E-state index contributed by atoms with van der Waals surface area (Å²) in [6.45, 7) is 0.521. The normalized spacial score (nSPS) is 23.0. The molecule has 1 aromatic rings. The molecule has 118 valence electrons. The summed E-state index contributed by atoms with van der Waals surface area (Å²) in [5, 5.41) is 0.366. The average molecular weight is 332 g/mol. The summed E-state index contributed by atoms with van der Waals surface area (Å²) in [4.78, 5) is 0. The first-order valence-corrected chi connectivity index (χ1v) is 9.57. The smallest absolute Gasteiger partial charge is 0.150 e. The molecule has 21 heavy (non-hydrogen) atoms. The van der Waals surface area contributed by atoms with E-state index in [9.17, 15) is 8.42 Å². The summed E-state index contributed by atoms with van der Waals surface area (Å²) in [5.74, 6) is 0.768. The van der Waals surface area contributed by atoms with Crippen LogP contribution in [-0.4, -0.2) is 32.6 Å². The van der Waals surface area contributed by atoms with Crippen LogP contribution < -0.4 is 10.5 Å². The first kappa shape index (κ1) is 16.6. The van der Waals surface area contributed by atoms with E-state index < -0.39 is 9.84 Å². The van der Waals surface area contributed by atoms with Crippen LogP contribution in [0.4, 0.5) is 0 Å². The fourth-order valence-corrected chi connectivity index (χ4v) is 4.15. The standard InChI is InChI=1S/C15H22ClNO3S/c1-21(18,19)14-4-2-3-13(10-14)20-15-6-5-12(16)9-11(15)7-8-17/h5-6,9,13-14H,2-4,7-8,10,17H2,1H3. The maximum Gasteiger partial charge on any atom is 0.150 e. The first-order valence-electron chi connectivity index (χ1n) is 7.24. The molecule has 0 aliphatic heterocycles. The van der Waals surface area contributed by atoms with Crippen molar-refractivity contribution in [3.8, 4) is 5.75 Å². The van der Waals surface area contributed by atoms with E-state index in [1.54, 1.807) is 6.07 Å². The minimum Gasteiger partial charge on any atom is -0.490 e. The van der Waals surface area contributed by atoms with Crippen LogP contribution in [0.1, 0.15) is 31.2 Å². The molecule has 0 spiro atoms. The lowest BCUT2D eigenvalue weighted by atomic mass is 9.97. The van der Waals surface area contributed by atoms with Crippen molar-refractivity contribution in [2.75, 3.05) is 12.8 Å². The molecule has 1 saturated carbocycles. The Morgan fingerprint density at radius 3 is 2.81 bits per heavy atom. The van der Waals surface area contributed by atoms with E-state index in [1.807, 2.05) is 12.1 Å². The molecule has 2 atom stereocenters. The molecular weight excluding hydrogens is 310 g/mol. The number of nitrogens with two attached hydrogens (primary N) is 1. The number of hydrogen-bond acceptors (Lipinski definition) is 4. The number of benzene rings is 1. The molecule has 0 bridgehead atoms. The summed E-state index contributed by atoms with van der Waals surface area (Å²) in [7, 11) is -3.00. The molecule has 0 radical (unpaired) electrons. The molecule has 0 heterocycles. The van der Waals surface area contributed by atoms with Gasteiger partial charge >= 0.3 is 0 Å². The van der Waals surface area contributed by atoms with E-state index in [-0.39, 0.29) is 11.4 Å². The number of hydrogen-bond donors (Lipinski definition) is 1. The van der Waals surface area contributed by atoms with Crippen molar-refractivity contribution in [1.29, 1.82) is 0 Å². The second-order valence-corrected chi connectivity index (χ2v) is 8.41. The third-order valence-electron chi connectivity index (χ3n) is 3.91. The van der Waals surface area contributed by atoms with Crippen molar-refractivity contribution in [2.24, 2.45) is 5.73 Å². The Balaban J connectivity index is 2.11. The van der Waals surface area contributed by atoms with Crippen molar-refractivity contribution < 1.29 is 13.2 Å². The lowest BCUT2D eigenvalue weighted by molar-refractivity contribution is 0.155. The maximum atomic E-state index is 11.7. The summed E-state index contributed by atoms with van der Waals surface area (Å²) < 4.78 is 29.5. The van der Waals surface area contributed by atoms with E-state index in [4.69, 9.17) is 22.1 Å². The van der Waals surface area contributed by atoms with E-state index in [1.165, 1.54) is 6.26 Å². The van der Waals surface area contributed by atoms with Gasteiger partial charge in [0.25, 0.3) is 0 Å². The highest BCUT2D eigenvalue weighted by atomic mass is 35.5. The molecule has 2 N–H and O–H groups in total. The molecule has 1 aliphatic rings. The van der Waals surface area contributed by atoms with Gasteiger partial charge in [-0.1, -0.05) is 11.6 Å². The Kier molecular flexibility index (Phi) is 5.52. The molecular formula is C15H22ClNO3S. The SMILES string of the molecule is CS(=O)(=O)C1CCCC(Oc2ccc(Cl)cc2CCN)C1. The lowest BCUT2D eigenvalue weighted by Crippen LogP contribution is -2.33. The molecule has 0 aromatic heterocycles. The summed E-state index contributed by atoms with van der Waals surface area (Å²) in [6, 6.07) is 5.49. The first-order chi connectivity index (χ1) is 9.90. The van der Waals surface area contributed by atoms with Gasteiger partial charge in [0.2, 0.25) is 0 Å². The highest BCUT2D eigenvalue weighted by Crippen LogP contribution is 2.30. The molecule has 2 rings (SSSR count). The van der Waals surface area contributed by atoms with Crippen molar-refractivity contribution in [3.05, 3.63) is 28.8 Å². The van der Waals surface area contributed by atoms with Gasteiger partial charge in [0.05, 0.1) is 11.4 Å². The Bertz CT molecular complexity index is 589. The van der Waals surface area contributed by atoms with Crippen molar-refractivity contribution in [1.82, 2.24) is 0 Å². The molecule has 0 saturated heterocycles. The van der Waals surface area contributed by atoms with Gasteiger partial charge in [0.1, 0.15) is 15.6 Å². The number of ether oxygens (including phenoxy) is 1. The van der Waals surface area contributed by atoms with Crippen LogP contribution >= 0.6 is 11.6 Å². The molecule has 1 aromatic carbocycles. The topological polar surface area (TPSA) is 69.4 Å². The highest BCUT2D eigenvalue weighted by Gasteiger charge is 2.30. The van der Waals surface area contributed by atoms with Crippen LogP contribution in [0.5, 0.6) is 5.75 Å². The van der Waals surface area contributed by atoms with Gasteiger partial charge in [-0.15, -0.1) is 0 Å². The Morgan fingerprint density at radius 1 is 1.38 bits per heavy atom. The Hall–Kier alpha value is -0.780. The third kappa shape index (κ3) is 4.59. The van der Waals surface area contributed by atoms with Crippen LogP contribution in [0.15, 0.2) is 18.2 Å². The van der Waals surface area contributed by atoms with Crippen LogP contribution in [0, 0.1) is 0 Å². The van der Waals surface area contributed by atoms with Gasteiger partial charge in [0, 0.05) is 17.7 Å². The molecule has 4 nitrogen and oxygen atoms in total. The monoisotopic (exact) mass is 331 g/mol. The minimum absolute atomic E-state index is 0.0591. The van der Waals surface area contributed by atoms with Gasteiger partial charge in [-0.2, -0.15) is 0 Å². The van der Waals surface area contributed by atoms with E-state index in [0.717, 1.165) is 30.6 Å². The van der Waals surface area contributed by atoms with Crippen molar-refractivity contribution >= 4 is 21.4 Å². The summed E-state index contributed by atoms with van der Waals surface area (Å²) in [5.41, 5.74) is 6.59. The molecule has 0 amide bonds. The third-order valence-corrected chi connectivity index (χ3v) is 5.79. The van der Waals surface area contributed by atoms with Crippen molar-refractivity contribution in [2.45, 2.75) is 43.5 Å². The molecule has 6 heteroatoms. The zero-order valence-corrected chi connectivity index (χ0v) is 13.8. The zero-order valence-electron chi connectivity index (χ0n) is 12.2. The van der Waals surface area contributed by atoms with Gasteiger partial charge < -0.3 is 10.5 Å². The summed E-state index contributed by atoms with van der Waals surface area (Å²) in [6.07, 6.45) is 4.99. The number of halogens is 1. The van der Waals surface area contributed by atoms with Crippen LogP contribution in [0.25, 0.3) is 0 Å². The summed E-state index contributed by atoms with van der Waals surface area (Å²) >= 11 is 6.00. The largest absolute Gasteiger partial charge is 0.490 e. The predicted molar refractivity (Wildman–Crippen MR) is 85.7 cm³/mol. The Morgan fingerprint density at radius 2 is 2.14 bits per heavy atom. The van der Waals surface area contributed by atoms with Crippen molar-refractivity contribution in [3.63, 3.8) is 0 Å². The predicted octanol–water partition coefficient (Wildman–Crippen LogP) is 2.58. The maximum absolute atomic E-state index is 11.7. The van der Waals surface area contributed by atoms with E-state index in [0.29, 0.717) is 24.4 Å². The highest BCUT2D eigenvalue weighted by molar-refractivity contribution is 7.91. The lowest BCUT2D eigenvalue weighted by Gasteiger charge is -2.29. The minimum atomic E-state index is -3.00. The second-order valence-electron chi connectivity index (χ2n) is 5.65. The van der Waals surface area contributed by atoms with E-state index >= 15 is 0 Å². The van der Waals surface area contributed by atoms with Gasteiger partial charge in [-0.25, -0.2) is 8.42 Å². The molecule has 2 unspecified atom stereocenters. The van der Waals surface area contributed by atoms with E-state index in [2.05, 4.69) is 0 Å². The van der Waals surface area contributed by atoms with Gasteiger partial charge in [-0.05, 0) is 56.0 Å². The number of sulfone groups is 1. The fourth-order valence-electron chi connectivity index (χ4n) is 2.79. The average Bonchev–Trinajstić information content (AvgIpc) is 2.42. The molecule has 1 aliphatic carbocycles. The zero-order chi connectivity index (χ0) is 15.5.